The first kappa shape index (κ1) is 19.2. The van der Waals surface area contributed by atoms with E-state index in [1.54, 1.807) is 7.05 Å². The van der Waals surface area contributed by atoms with Gasteiger partial charge in [0.15, 0.2) is 0 Å². The van der Waals surface area contributed by atoms with Crippen molar-refractivity contribution in [2.24, 2.45) is 5.73 Å². The van der Waals surface area contributed by atoms with E-state index in [1.165, 1.54) is 0 Å². The number of likely N-dealkylation sites (N-methyl/N-ethyl adjacent to an activating group) is 2. The molecule has 0 saturated carbocycles. The zero-order valence-corrected chi connectivity index (χ0v) is 13.8. The Morgan fingerprint density at radius 1 is 1.43 bits per heavy atom. The molecule has 1 aliphatic heterocycles. The normalized spacial score (nSPS) is 16.5. The summed E-state index contributed by atoms with van der Waals surface area (Å²) in [6.07, 6.45) is 4.56. The summed E-state index contributed by atoms with van der Waals surface area (Å²) >= 11 is 0. The number of carbonyl (C=O) groups excluding carboxylic acids is 1. The number of nitrogens with zero attached hydrogens (tertiary/aromatic N) is 1. The smallest absolute Gasteiger partial charge is 0.320 e. The summed E-state index contributed by atoms with van der Waals surface area (Å²) in [5.41, 5.74) is 12.6. The molecule has 1 amide bonds. The van der Waals surface area contributed by atoms with Crippen molar-refractivity contribution in [1.29, 1.82) is 0 Å². The molecule has 0 aliphatic carbocycles. The second-order valence-corrected chi connectivity index (χ2v) is 5.45. The van der Waals surface area contributed by atoms with E-state index < -0.39 is 18.1 Å². The average Bonchev–Trinajstić information content (AvgIpc) is 2.96. The summed E-state index contributed by atoms with van der Waals surface area (Å²) < 4.78 is 0. The number of carboxylic acid groups (broad SMARTS) is 1. The summed E-state index contributed by atoms with van der Waals surface area (Å²) in [5.74, 6) is -1.01. The standard InChI is InChI=1S/C14H28N6O3/c1-3-17-12(14(22)23)6-4-5-7-20-9-10(18-19-20)8-11(15)13(21)16-2/h9,11-12,17-19H,3-8,15H2,1-2H3,(H,16,21)(H,22,23). The number of amides is 1. The number of nitrogens with two attached hydrogens (primary N) is 1. The van der Waals surface area contributed by atoms with Gasteiger partial charge in [-0.05, 0) is 25.8 Å². The van der Waals surface area contributed by atoms with Crippen molar-refractivity contribution >= 4 is 11.9 Å². The van der Waals surface area contributed by atoms with Crippen LogP contribution in [0.25, 0.3) is 0 Å². The van der Waals surface area contributed by atoms with Crippen LogP contribution in [-0.4, -0.2) is 54.2 Å². The zero-order chi connectivity index (χ0) is 17.2. The highest BCUT2D eigenvalue weighted by Gasteiger charge is 2.18. The van der Waals surface area contributed by atoms with Crippen LogP contribution in [0.1, 0.15) is 32.6 Å². The molecule has 0 aromatic carbocycles. The fraction of sp³-hybridized carbons (Fsp3) is 0.714. The van der Waals surface area contributed by atoms with Crippen molar-refractivity contribution in [2.75, 3.05) is 20.1 Å². The van der Waals surface area contributed by atoms with Gasteiger partial charge < -0.3 is 26.9 Å². The second kappa shape index (κ2) is 10.0. The summed E-state index contributed by atoms with van der Waals surface area (Å²) in [4.78, 5) is 22.4. The highest BCUT2D eigenvalue weighted by atomic mass is 16.4. The fourth-order valence-corrected chi connectivity index (χ4v) is 2.33. The molecule has 132 valence electrons. The number of rotatable bonds is 11. The van der Waals surface area contributed by atoms with Gasteiger partial charge in [-0.15, -0.1) is 5.53 Å². The van der Waals surface area contributed by atoms with Gasteiger partial charge in [-0.3, -0.25) is 14.6 Å². The summed E-state index contributed by atoms with van der Waals surface area (Å²) in [6, 6.07) is -1.07. The molecule has 7 N–H and O–H groups in total. The minimum atomic E-state index is -0.807. The van der Waals surface area contributed by atoms with Crippen LogP contribution in [0.5, 0.6) is 0 Å². The number of nitrogens with one attached hydrogen (secondary N) is 4. The molecule has 1 rings (SSSR count). The maximum Gasteiger partial charge on any atom is 0.320 e. The predicted molar refractivity (Wildman–Crippen MR) is 86.7 cm³/mol. The molecule has 0 fully saturated rings. The van der Waals surface area contributed by atoms with Gasteiger partial charge in [0, 0.05) is 31.9 Å². The summed E-state index contributed by atoms with van der Waals surface area (Å²) in [5, 5.41) is 16.4. The van der Waals surface area contributed by atoms with E-state index in [9.17, 15) is 9.59 Å². The van der Waals surface area contributed by atoms with Gasteiger partial charge in [-0.25, -0.2) is 0 Å². The molecule has 23 heavy (non-hydrogen) atoms. The van der Waals surface area contributed by atoms with Crippen LogP contribution in [0.2, 0.25) is 0 Å². The first-order chi connectivity index (χ1) is 11.0. The molecule has 2 atom stereocenters. The Kier molecular flexibility index (Phi) is 8.38. The number of aliphatic carboxylic acids is 1. The largest absolute Gasteiger partial charge is 0.480 e. The maximum absolute atomic E-state index is 11.4. The van der Waals surface area contributed by atoms with E-state index in [4.69, 9.17) is 10.8 Å². The molecule has 0 aromatic heterocycles. The molecular formula is C14H28N6O3. The molecule has 1 aliphatic rings. The van der Waals surface area contributed by atoms with Gasteiger partial charge >= 0.3 is 5.97 Å². The molecule has 0 spiro atoms. The Hall–Kier alpha value is -1.84. The van der Waals surface area contributed by atoms with Crippen LogP contribution in [0.15, 0.2) is 11.9 Å². The molecule has 0 bridgehead atoms. The topological polar surface area (TPSA) is 132 Å². The van der Waals surface area contributed by atoms with E-state index in [2.05, 4.69) is 21.6 Å². The number of hydrogen-bond donors (Lipinski definition) is 6. The van der Waals surface area contributed by atoms with Crippen molar-refractivity contribution in [3.63, 3.8) is 0 Å². The third kappa shape index (κ3) is 6.85. The Bertz CT molecular complexity index is 429. The molecule has 0 saturated heterocycles. The van der Waals surface area contributed by atoms with Crippen LogP contribution in [0, 0.1) is 0 Å². The fourth-order valence-electron chi connectivity index (χ4n) is 2.33. The Balaban J connectivity index is 2.26. The van der Waals surface area contributed by atoms with E-state index in [0.717, 1.165) is 25.1 Å². The van der Waals surface area contributed by atoms with E-state index >= 15 is 0 Å². The monoisotopic (exact) mass is 328 g/mol. The lowest BCUT2D eigenvalue weighted by Gasteiger charge is -2.16. The van der Waals surface area contributed by atoms with Crippen LogP contribution >= 0.6 is 0 Å². The van der Waals surface area contributed by atoms with Gasteiger partial charge in [0.1, 0.15) is 6.04 Å². The number of unbranched alkanes of at least 4 members (excludes halogenated alkanes) is 1. The highest BCUT2D eigenvalue weighted by Crippen LogP contribution is 2.09. The minimum absolute atomic E-state index is 0.200. The van der Waals surface area contributed by atoms with Crippen molar-refractivity contribution < 1.29 is 14.7 Å². The van der Waals surface area contributed by atoms with E-state index in [1.807, 2.05) is 18.1 Å². The Morgan fingerprint density at radius 2 is 2.17 bits per heavy atom. The van der Waals surface area contributed by atoms with Crippen molar-refractivity contribution in [3.8, 4) is 0 Å². The number of hydrazine groups is 2. The quantitative estimate of drug-likeness (QED) is 0.262. The molecule has 2 unspecified atom stereocenters. The lowest BCUT2D eigenvalue weighted by molar-refractivity contribution is -0.139. The van der Waals surface area contributed by atoms with Gasteiger partial charge in [0.2, 0.25) is 5.91 Å². The second-order valence-electron chi connectivity index (χ2n) is 5.45. The Morgan fingerprint density at radius 3 is 2.78 bits per heavy atom. The van der Waals surface area contributed by atoms with E-state index in [-0.39, 0.29) is 5.91 Å². The third-order valence-electron chi connectivity index (χ3n) is 3.59. The minimum Gasteiger partial charge on any atom is -0.480 e. The third-order valence-corrected chi connectivity index (χ3v) is 3.59. The van der Waals surface area contributed by atoms with Crippen LogP contribution in [0.4, 0.5) is 0 Å². The van der Waals surface area contributed by atoms with Crippen molar-refractivity contribution in [2.45, 2.75) is 44.7 Å². The molecule has 0 aromatic rings. The van der Waals surface area contributed by atoms with Crippen molar-refractivity contribution in [3.05, 3.63) is 11.9 Å². The van der Waals surface area contributed by atoms with Crippen LogP contribution < -0.4 is 27.3 Å². The first-order valence-corrected chi connectivity index (χ1v) is 7.90. The average molecular weight is 328 g/mol. The molecule has 0 radical (unpaired) electrons. The maximum atomic E-state index is 11.4. The van der Waals surface area contributed by atoms with Gasteiger partial charge in [0.25, 0.3) is 0 Å². The number of carboxylic acids is 1. The number of carbonyl (C=O) groups is 2. The first-order valence-electron chi connectivity index (χ1n) is 7.90. The summed E-state index contributed by atoms with van der Waals surface area (Å²) in [7, 11) is 1.56. The lowest BCUT2D eigenvalue weighted by atomic mass is 10.1. The van der Waals surface area contributed by atoms with Gasteiger partial charge in [-0.1, -0.05) is 6.92 Å². The van der Waals surface area contributed by atoms with E-state index in [0.29, 0.717) is 19.4 Å². The molecule has 9 heteroatoms. The highest BCUT2D eigenvalue weighted by molar-refractivity contribution is 5.81. The molecular weight excluding hydrogens is 300 g/mol. The lowest BCUT2D eigenvalue weighted by Crippen LogP contribution is -2.41. The van der Waals surface area contributed by atoms with Crippen LogP contribution in [-0.2, 0) is 9.59 Å². The van der Waals surface area contributed by atoms with Crippen molar-refractivity contribution in [1.82, 2.24) is 26.6 Å². The van der Waals surface area contributed by atoms with Gasteiger partial charge in [-0.2, -0.15) is 0 Å². The number of hydrogen-bond acceptors (Lipinski definition) is 7. The SMILES string of the molecule is CCNC(CCCCN1C=C(CC(N)C(=O)NC)NN1)C(=O)O. The molecule has 1 heterocycles. The van der Waals surface area contributed by atoms with Crippen LogP contribution in [0.3, 0.4) is 0 Å². The Labute approximate surface area is 136 Å². The predicted octanol–water partition coefficient (Wildman–Crippen LogP) is -1.15. The van der Waals surface area contributed by atoms with Gasteiger partial charge in [0.05, 0.1) is 6.04 Å². The summed E-state index contributed by atoms with van der Waals surface area (Å²) in [6.45, 7) is 3.28. The zero-order valence-electron chi connectivity index (χ0n) is 13.8. The molecule has 9 nitrogen and oxygen atoms in total.